The summed E-state index contributed by atoms with van der Waals surface area (Å²) in [6.07, 6.45) is 3.78. The quantitative estimate of drug-likeness (QED) is 0.464. The van der Waals surface area contributed by atoms with Gasteiger partial charge in [0.2, 0.25) is 11.8 Å². The molecule has 1 fully saturated rings. The third-order valence-electron chi connectivity index (χ3n) is 1.71. The van der Waals surface area contributed by atoms with Crippen LogP contribution in [0, 0.1) is 5.92 Å². The van der Waals surface area contributed by atoms with Crippen molar-refractivity contribution in [3.8, 4) is 0 Å². The number of imide groups is 2. The van der Waals surface area contributed by atoms with Crippen molar-refractivity contribution in [2.24, 2.45) is 5.92 Å². The number of carbonyl (C=O) groups excluding carboxylic acids is 3. The van der Waals surface area contributed by atoms with Crippen LogP contribution in [0.2, 0.25) is 0 Å². The molecule has 1 heterocycles. The molecule has 5 nitrogen and oxygen atoms in total. The van der Waals surface area contributed by atoms with Gasteiger partial charge in [-0.2, -0.15) is 0 Å². The first-order chi connectivity index (χ1) is 6.15. The lowest BCUT2D eigenvalue weighted by molar-refractivity contribution is -0.135. The largest absolute Gasteiger partial charge is 0.328 e. The summed E-state index contributed by atoms with van der Waals surface area (Å²) < 4.78 is 0. The third-order valence-corrected chi connectivity index (χ3v) is 1.71. The van der Waals surface area contributed by atoms with E-state index in [0.717, 1.165) is 0 Å². The molecule has 0 aromatic heterocycles. The summed E-state index contributed by atoms with van der Waals surface area (Å²) in [5.41, 5.74) is 0. The first-order valence-electron chi connectivity index (χ1n) is 3.92. The number of nitrogens with one attached hydrogen (secondary N) is 2. The fourth-order valence-electron chi connectivity index (χ4n) is 1.03. The van der Waals surface area contributed by atoms with Crippen LogP contribution in [0.5, 0.6) is 0 Å². The zero-order valence-electron chi connectivity index (χ0n) is 7.16. The average molecular weight is 182 g/mol. The lowest BCUT2D eigenvalue weighted by Crippen LogP contribution is -2.55. The maximum absolute atomic E-state index is 11.1. The summed E-state index contributed by atoms with van der Waals surface area (Å²) >= 11 is 0. The SMILES string of the molecule is CC=CCC1C(=O)NC(=O)NC1=O. The predicted molar refractivity (Wildman–Crippen MR) is 44.6 cm³/mol. The molecule has 0 saturated carbocycles. The van der Waals surface area contributed by atoms with Crippen LogP contribution in [0.3, 0.4) is 0 Å². The molecule has 4 amide bonds. The number of barbiturate groups is 1. The van der Waals surface area contributed by atoms with Crippen molar-refractivity contribution in [1.82, 2.24) is 10.6 Å². The van der Waals surface area contributed by atoms with Crippen LogP contribution in [0.4, 0.5) is 4.79 Å². The average Bonchev–Trinajstić information content (AvgIpc) is 2.02. The summed E-state index contributed by atoms with van der Waals surface area (Å²) in [4.78, 5) is 32.8. The van der Waals surface area contributed by atoms with Crippen molar-refractivity contribution in [2.75, 3.05) is 0 Å². The lowest BCUT2D eigenvalue weighted by atomic mass is 10.0. The van der Waals surface area contributed by atoms with E-state index in [-0.39, 0.29) is 0 Å². The Bertz CT molecular complexity index is 263. The molecule has 13 heavy (non-hydrogen) atoms. The third kappa shape index (κ3) is 2.14. The molecule has 0 unspecified atom stereocenters. The van der Waals surface area contributed by atoms with Crippen molar-refractivity contribution < 1.29 is 14.4 Å². The summed E-state index contributed by atoms with van der Waals surface area (Å²) in [5.74, 6) is -1.85. The first kappa shape index (κ1) is 9.44. The van der Waals surface area contributed by atoms with Crippen molar-refractivity contribution in [1.29, 1.82) is 0 Å². The number of allylic oxidation sites excluding steroid dienone is 2. The molecular weight excluding hydrogens is 172 g/mol. The highest BCUT2D eigenvalue weighted by Gasteiger charge is 2.32. The Hall–Kier alpha value is -1.65. The smallest absolute Gasteiger partial charge is 0.277 e. The standard InChI is InChI=1S/C8H10N2O3/c1-2-3-4-5-6(11)9-8(13)10-7(5)12/h2-3,5H,4H2,1H3,(H2,9,10,11,12,13). The molecule has 5 heteroatoms. The maximum Gasteiger partial charge on any atom is 0.328 e. The molecule has 0 aliphatic carbocycles. The van der Waals surface area contributed by atoms with Gasteiger partial charge in [-0.05, 0) is 13.3 Å². The minimum absolute atomic E-state index is 0.321. The fourth-order valence-corrected chi connectivity index (χ4v) is 1.03. The van der Waals surface area contributed by atoms with Gasteiger partial charge >= 0.3 is 6.03 Å². The van der Waals surface area contributed by atoms with Crippen LogP contribution >= 0.6 is 0 Å². The van der Waals surface area contributed by atoms with Crippen LogP contribution in [-0.2, 0) is 9.59 Å². The molecule has 1 aliphatic rings. The highest BCUT2D eigenvalue weighted by atomic mass is 16.2. The van der Waals surface area contributed by atoms with Gasteiger partial charge in [-0.1, -0.05) is 12.2 Å². The van der Waals surface area contributed by atoms with Gasteiger partial charge < -0.3 is 0 Å². The molecule has 1 rings (SSSR count). The summed E-state index contributed by atoms with van der Waals surface area (Å²) in [7, 11) is 0. The minimum atomic E-state index is -0.783. The summed E-state index contributed by atoms with van der Waals surface area (Å²) in [6.45, 7) is 1.80. The van der Waals surface area contributed by atoms with E-state index < -0.39 is 23.8 Å². The molecule has 0 aromatic rings. The monoisotopic (exact) mass is 182 g/mol. The van der Waals surface area contributed by atoms with E-state index >= 15 is 0 Å². The van der Waals surface area contributed by atoms with Crippen molar-refractivity contribution >= 4 is 17.8 Å². The molecule has 70 valence electrons. The van der Waals surface area contributed by atoms with Gasteiger partial charge in [0.1, 0.15) is 5.92 Å². The van der Waals surface area contributed by atoms with Gasteiger partial charge in [0.05, 0.1) is 0 Å². The molecule has 1 saturated heterocycles. The van der Waals surface area contributed by atoms with Crippen LogP contribution in [0.25, 0.3) is 0 Å². The second kappa shape index (κ2) is 3.84. The summed E-state index contributed by atoms with van der Waals surface area (Å²) in [6, 6.07) is -0.744. The Labute approximate surface area is 75.2 Å². The van der Waals surface area contributed by atoms with E-state index in [9.17, 15) is 14.4 Å². The molecule has 0 spiro atoms. The number of carbonyl (C=O) groups is 3. The van der Waals surface area contributed by atoms with E-state index in [4.69, 9.17) is 0 Å². The fraction of sp³-hybridized carbons (Fsp3) is 0.375. The van der Waals surface area contributed by atoms with Crippen LogP contribution in [-0.4, -0.2) is 17.8 Å². The summed E-state index contributed by atoms with van der Waals surface area (Å²) in [5, 5.41) is 4.05. The zero-order valence-corrected chi connectivity index (χ0v) is 7.16. The number of urea groups is 1. The van der Waals surface area contributed by atoms with Crippen molar-refractivity contribution in [3.05, 3.63) is 12.2 Å². The highest BCUT2D eigenvalue weighted by molar-refractivity contribution is 6.16. The van der Waals surface area contributed by atoms with E-state index in [1.165, 1.54) is 0 Å². The maximum atomic E-state index is 11.1. The molecule has 0 atom stereocenters. The highest BCUT2D eigenvalue weighted by Crippen LogP contribution is 2.07. The molecule has 0 radical (unpaired) electrons. The zero-order chi connectivity index (χ0) is 9.84. The Kier molecular flexibility index (Phi) is 2.79. The number of hydrogen-bond acceptors (Lipinski definition) is 3. The van der Waals surface area contributed by atoms with Gasteiger partial charge in [-0.15, -0.1) is 0 Å². The van der Waals surface area contributed by atoms with Crippen LogP contribution < -0.4 is 10.6 Å². The number of amides is 4. The second-order valence-electron chi connectivity index (χ2n) is 2.66. The Morgan fingerprint density at radius 1 is 1.23 bits per heavy atom. The van der Waals surface area contributed by atoms with Gasteiger partial charge in [0.25, 0.3) is 0 Å². The molecule has 1 aliphatic heterocycles. The van der Waals surface area contributed by atoms with Crippen LogP contribution in [0.1, 0.15) is 13.3 Å². The van der Waals surface area contributed by atoms with Crippen molar-refractivity contribution in [3.63, 3.8) is 0 Å². The molecule has 0 bridgehead atoms. The Morgan fingerprint density at radius 2 is 1.77 bits per heavy atom. The van der Waals surface area contributed by atoms with Gasteiger partial charge in [0.15, 0.2) is 0 Å². The number of rotatable bonds is 2. The molecule has 2 N–H and O–H groups in total. The lowest BCUT2D eigenvalue weighted by Gasteiger charge is -2.18. The van der Waals surface area contributed by atoms with Gasteiger partial charge in [-0.25, -0.2) is 4.79 Å². The van der Waals surface area contributed by atoms with E-state index in [1.807, 2.05) is 10.6 Å². The van der Waals surface area contributed by atoms with E-state index in [1.54, 1.807) is 19.1 Å². The Balaban J connectivity index is 2.67. The minimum Gasteiger partial charge on any atom is -0.277 e. The second-order valence-corrected chi connectivity index (χ2v) is 2.66. The molecular formula is C8H10N2O3. The first-order valence-corrected chi connectivity index (χ1v) is 3.92. The molecule has 0 aromatic carbocycles. The van der Waals surface area contributed by atoms with Crippen LogP contribution in [0.15, 0.2) is 12.2 Å². The van der Waals surface area contributed by atoms with Crippen molar-refractivity contribution in [2.45, 2.75) is 13.3 Å². The topological polar surface area (TPSA) is 75.3 Å². The number of hydrogen-bond donors (Lipinski definition) is 2. The van der Waals surface area contributed by atoms with E-state index in [0.29, 0.717) is 6.42 Å². The normalized spacial score (nSPS) is 19.0. The van der Waals surface area contributed by atoms with Gasteiger partial charge in [-0.3, -0.25) is 20.2 Å². The van der Waals surface area contributed by atoms with E-state index in [2.05, 4.69) is 0 Å². The Morgan fingerprint density at radius 3 is 2.23 bits per heavy atom. The predicted octanol–water partition coefficient (Wildman–Crippen LogP) is -0.0652. The van der Waals surface area contributed by atoms with Gasteiger partial charge in [0, 0.05) is 0 Å².